The average Bonchev–Trinajstić information content (AvgIpc) is 2.26. The van der Waals surface area contributed by atoms with E-state index in [1.807, 2.05) is 12.1 Å². The summed E-state index contributed by atoms with van der Waals surface area (Å²) in [7, 11) is 0. The first-order valence-electron chi connectivity index (χ1n) is 6.04. The molecule has 0 aromatic heterocycles. The Bertz CT molecular complexity index is 323. The Morgan fingerprint density at radius 1 is 1.06 bits per heavy atom. The standard InChI is InChI=1S/C13H20N2O/c14-11-4-6-12(7-5-11)15-9-2-1-3-13(16)8-10-15/h4-7,13,16H,1-3,8-10,14H2. The lowest BCUT2D eigenvalue weighted by Gasteiger charge is -2.28. The average molecular weight is 220 g/mol. The van der Waals surface area contributed by atoms with Crippen molar-refractivity contribution in [2.45, 2.75) is 31.8 Å². The maximum atomic E-state index is 9.68. The summed E-state index contributed by atoms with van der Waals surface area (Å²) in [4.78, 5) is 2.34. The third kappa shape index (κ3) is 2.89. The highest BCUT2D eigenvalue weighted by molar-refractivity contribution is 5.53. The van der Waals surface area contributed by atoms with Crippen molar-refractivity contribution in [3.8, 4) is 0 Å². The van der Waals surface area contributed by atoms with Crippen molar-refractivity contribution in [1.82, 2.24) is 0 Å². The van der Waals surface area contributed by atoms with Gasteiger partial charge in [0.25, 0.3) is 0 Å². The molecule has 1 unspecified atom stereocenters. The molecule has 0 radical (unpaired) electrons. The highest BCUT2D eigenvalue weighted by atomic mass is 16.3. The molecule has 3 N–H and O–H groups in total. The van der Waals surface area contributed by atoms with Crippen LogP contribution in [0.5, 0.6) is 0 Å². The zero-order chi connectivity index (χ0) is 11.4. The van der Waals surface area contributed by atoms with Gasteiger partial charge in [0.05, 0.1) is 6.10 Å². The predicted molar refractivity (Wildman–Crippen MR) is 67.5 cm³/mol. The maximum absolute atomic E-state index is 9.68. The number of rotatable bonds is 1. The van der Waals surface area contributed by atoms with Crippen LogP contribution in [0.3, 0.4) is 0 Å². The Morgan fingerprint density at radius 2 is 1.81 bits per heavy atom. The highest BCUT2D eigenvalue weighted by Gasteiger charge is 2.13. The molecular formula is C13H20N2O. The molecule has 3 heteroatoms. The van der Waals surface area contributed by atoms with E-state index in [0.717, 1.165) is 44.5 Å². The monoisotopic (exact) mass is 220 g/mol. The van der Waals surface area contributed by atoms with Gasteiger partial charge in [0.15, 0.2) is 0 Å². The molecule has 1 atom stereocenters. The molecule has 16 heavy (non-hydrogen) atoms. The SMILES string of the molecule is Nc1ccc(N2CCCCC(O)CC2)cc1. The van der Waals surface area contributed by atoms with E-state index in [9.17, 15) is 5.11 Å². The smallest absolute Gasteiger partial charge is 0.0557 e. The van der Waals surface area contributed by atoms with Gasteiger partial charge in [-0.15, -0.1) is 0 Å². The summed E-state index contributed by atoms with van der Waals surface area (Å²) in [6.45, 7) is 2.02. The lowest BCUT2D eigenvalue weighted by molar-refractivity contribution is 0.149. The predicted octanol–water partition coefficient (Wildman–Crippen LogP) is 2.01. The van der Waals surface area contributed by atoms with Gasteiger partial charge >= 0.3 is 0 Å². The van der Waals surface area contributed by atoms with Crippen LogP contribution in [0.2, 0.25) is 0 Å². The van der Waals surface area contributed by atoms with Crippen LogP contribution in [0.1, 0.15) is 25.7 Å². The number of hydrogen-bond acceptors (Lipinski definition) is 3. The summed E-state index contributed by atoms with van der Waals surface area (Å²) < 4.78 is 0. The van der Waals surface area contributed by atoms with Crippen LogP contribution in [0, 0.1) is 0 Å². The molecule has 1 heterocycles. The van der Waals surface area contributed by atoms with Crippen LogP contribution in [0.15, 0.2) is 24.3 Å². The van der Waals surface area contributed by atoms with E-state index in [0.29, 0.717) is 0 Å². The zero-order valence-electron chi connectivity index (χ0n) is 9.60. The second kappa shape index (κ2) is 5.21. The van der Waals surface area contributed by atoms with Crippen LogP contribution in [-0.2, 0) is 0 Å². The summed E-state index contributed by atoms with van der Waals surface area (Å²) in [5.74, 6) is 0. The van der Waals surface area contributed by atoms with Crippen LogP contribution in [0.4, 0.5) is 11.4 Å². The summed E-state index contributed by atoms with van der Waals surface area (Å²) in [5.41, 5.74) is 7.69. The van der Waals surface area contributed by atoms with Gasteiger partial charge in [-0.2, -0.15) is 0 Å². The van der Waals surface area contributed by atoms with E-state index < -0.39 is 0 Å². The van der Waals surface area contributed by atoms with Crippen LogP contribution in [0.25, 0.3) is 0 Å². The molecule has 1 aliphatic heterocycles. The Kier molecular flexibility index (Phi) is 3.67. The molecule has 2 rings (SSSR count). The fourth-order valence-corrected chi connectivity index (χ4v) is 2.19. The Balaban J connectivity index is 2.04. The largest absolute Gasteiger partial charge is 0.399 e. The highest BCUT2D eigenvalue weighted by Crippen LogP contribution is 2.20. The van der Waals surface area contributed by atoms with Gasteiger partial charge in [0.1, 0.15) is 0 Å². The van der Waals surface area contributed by atoms with E-state index in [-0.39, 0.29) is 6.10 Å². The molecule has 0 spiro atoms. The van der Waals surface area contributed by atoms with E-state index in [1.165, 1.54) is 5.69 Å². The topological polar surface area (TPSA) is 49.5 Å². The minimum Gasteiger partial charge on any atom is -0.399 e. The molecule has 0 bridgehead atoms. The van der Waals surface area contributed by atoms with Crippen LogP contribution in [-0.4, -0.2) is 24.3 Å². The number of anilines is 2. The van der Waals surface area contributed by atoms with Crippen molar-refractivity contribution >= 4 is 11.4 Å². The number of aliphatic hydroxyl groups is 1. The number of nitrogen functional groups attached to an aromatic ring is 1. The van der Waals surface area contributed by atoms with Gasteiger partial charge < -0.3 is 15.7 Å². The van der Waals surface area contributed by atoms with Gasteiger partial charge in [-0.3, -0.25) is 0 Å². The third-order valence-electron chi connectivity index (χ3n) is 3.21. The van der Waals surface area contributed by atoms with Crippen molar-refractivity contribution < 1.29 is 5.11 Å². The van der Waals surface area contributed by atoms with Gasteiger partial charge in [0.2, 0.25) is 0 Å². The number of aliphatic hydroxyl groups excluding tert-OH is 1. The van der Waals surface area contributed by atoms with E-state index >= 15 is 0 Å². The maximum Gasteiger partial charge on any atom is 0.0557 e. The molecule has 3 nitrogen and oxygen atoms in total. The van der Waals surface area contributed by atoms with Crippen LogP contribution >= 0.6 is 0 Å². The lowest BCUT2D eigenvalue weighted by Crippen LogP contribution is -2.30. The van der Waals surface area contributed by atoms with Crippen molar-refractivity contribution in [3.63, 3.8) is 0 Å². The quantitative estimate of drug-likeness (QED) is 0.712. The molecular weight excluding hydrogens is 200 g/mol. The minimum absolute atomic E-state index is 0.128. The van der Waals surface area contributed by atoms with Gasteiger partial charge in [0, 0.05) is 24.5 Å². The fourth-order valence-electron chi connectivity index (χ4n) is 2.19. The van der Waals surface area contributed by atoms with Crippen molar-refractivity contribution in [2.75, 3.05) is 23.7 Å². The summed E-state index contributed by atoms with van der Waals surface area (Å²) in [6, 6.07) is 7.99. The molecule has 0 aliphatic carbocycles. The molecule has 0 saturated carbocycles. The number of nitrogens with two attached hydrogens (primary N) is 1. The third-order valence-corrected chi connectivity index (χ3v) is 3.21. The summed E-state index contributed by atoms with van der Waals surface area (Å²) in [5, 5.41) is 9.68. The normalized spacial score (nSPS) is 22.6. The van der Waals surface area contributed by atoms with Crippen molar-refractivity contribution in [1.29, 1.82) is 0 Å². The van der Waals surface area contributed by atoms with Gasteiger partial charge in [-0.05, 0) is 49.9 Å². The number of nitrogens with zero attached hydrogens (tertiary/aromatic N) is 1. The lowest BCUT2D eigenvalue weighted by atomic mass is 10.1. The van der Waals surface area contributed by atoms with Gasteiger partial charge in [-0.25, -0.2) is 0 Å². The molecule has 1 aromatic carbocycles. The molecule has 1 fully saturated rings. The van der Waals surface area contributed by atoms with E-state index in [2.05, 4.69) is 17.0 Å². The molecule has 1 aliphatic rings. The molecule has 1 saturated heterocycles. The Morgan fingerprint density at radius 3 is 2.56 bits per heavy atom. The number of benzene rings is 1. The first-order chi connectivity index (χ1) is 7.75. The molecule has 88 valence electrons. The Labute approximate surface area is 96.9 Å². The summed E-state index contributed by atoms with van der Waals surface area (Å²) >= 11 is 0. The van der Waals surface area contributed by atoms with Crippen molar-refractivity contribution in [2.24, 2.45) is 0 Å². The van der Waals surface area contributed by atoms with E-state index in [1.54, 1.807) is 0 Å². The first kappa shape index (κ1) is 11.3. The van der Waals surface area contributed by atoms with Crippen molar-refractivity contribution in [3.05, 3.63) is 24.3 Å². The van der Waals surface area contributed by atoms with Crippen LogP contribution < -0.4 is 10.6 Å². The number of hydrogen-bond donors (Lipinski definition) is 2. The second-order valence-corrected chi connectivity index (χ2v) is 4.52. The minimum atomic E-state index is -0.128. The second-order valence-electron chi connectivity index (χ2n) is 4.52. The fraction of sp³-hybridized carbons (Fsp3) is 0.538. The van der Waals surface area contributed by atoms with Gasteiger partial charge in [-0.1, -0.05) is 0 Å². The summed E-state index contributed by atoms with van der Waals surface area (Å²) in [6.07, 6.45) is 3.96. The first-order valence-corrected chi connectivity index (χ1v) is 6.04. The zero-order valence-corrected chi connectivity index (χ0v) is 9.60. The van der Waals surface area contributed by atoms with E-state index in [4.69, 9.17) is 5.73 Å². The molecule has 1 aromatic rings. The Hall–Kier alpha value is -1.22. The molecule has 0 amide bonds.